The maximum absolute atomic E-state index is 13.0. The number of ether oxygens (including phenoxy) is 2. The van der Waals surface area contributed by atoms with E-state index in [0.717, 1.165) is 16.8 Å². The van der Waals surface area contributed by atoms with Gasteiger partial charge >= 0.3 is 6.61 Å². The maximum Gasteiger partial charge on any atom is 0.387 e. The summed E-state index contributed by atoms with van der Waals surface area (Å²) < 4.78 is 61.9. The number of hydrogen-bond donors (Lipinski definition) is 1. The second-order valence-corrected chi connectivity index (χ2v) is 10.9. The molecule has 1 amide bonds. The van der Waals surface area contributed by atoms with Crippen molar-refractivity contribution in [2.45, 2.75) is 17.6 Å². The lowest BCUT2D eigenvalue weighted by molar-refractivity contribution is -0.139. The summed E-state index contributed by atoms with van der Waals surface area (Å²) in [5, 5.41) is 10.8. The summed E-state index contributed by atoms with van der Waals surface area (Å²) in [6.45, 7) is -1.03. The molecular weight excluding hydrogens is 496 g/mol. The first-order chi connectivity index (χ1) is 17.1. The van der Waals surface area contributed by atoms with Gasteiger partial charge in [0.2, 0.25) is 10.0 Å². The van der Waals surface area contributed by atoms with Crippen LogP contribution >= 0.6 is 0 Å². The Labute approximate surface area is 207 Å². The molecule has 3 heterocycles. The van der Waals surface area contributed by atoms with Crippen LogP contribution in [0, 0.1) is 0 Å². The summed E-state index contributed by atoms with van der Waals surface area (Å²) in [4.78, 5) is 16.5. The van der Waals surface area contributed by atoms with Crippen LogP contribution in [0.3, 0.4) is 0 Å². The van der Waals surface area contributed by atoms with Crippen LogP contribution in [0.2, 0.25) is 0 Å². The van der Waals surface area contributed by atoms with Gasteiger partial charge in [0.15, 0.2) is 6.10 Å². The maximum atomic E-state index is 13.0. The van der Waals surface area contributed by atoms with Gasteiger partial charge in [0.1, 0.15) is 18.1 Å². The van der Waals surface area contributed by atoms with E-state index in [1.807, 2.05) is 11.9 Å². The number of nitrogens with zero attached hydrogens (tertiary/aromatic N) is 3. The van der Waals surface area contributed by atoms with Gasteiger partial charge in [0.25, 0.3) is 5.91 Å². The van der Waals surface area contributed by atoms with Gasteiger partial charge in [0.05, 0.1) is 17.1 Å². The first-order valence-corrected chi connectivity index (χ1v) is 12.8. The van der Waals surface area contributed by atoms with Crippen molar-refractivity contribution in [1.29, 1.82) is 0 Å². The normalized spacial score (nSPS) is 18.8. The Balaban J connectivity index is 1.22. The van der Waals surface area contributed by atoms with Crippen molar-refractivity contribution in [3.05, 3.63) is 59.2 Å². The number of sulfonamides is 1. The molecule has 36 heavy (non-hydrogen) atoms. The third-order valence-electron chi connectivity index (χ3n) is 6.62. The van der Waals surface area contributed by atoms with Crippen molar-refractivity contribution in [3.8, 4) is 11.5 Å². The highest BCUT2D eigenvalue weighted by Gasteiger charge is 2.39. The molecule has 2 aromatic carbocycles. The van der Waals surface area contributed by atoms with Crippen LogP contribution in [-0.2, 0) is 14.8 Å². The highest BCUT2D eigenvalue weighted by Crippen LogP contribution is 2.35. The first kappa shape index (κ1) is 24.5. The largest absolute Gasteiger partial charge is 0.490 e. The number of aliphatic hydroxyl groups excluding tert-OH is 1. The number of anilines is 1. The van der Waals surface area contributed by atoms with Gasteiger partial charge < -0.3 is 24.4 Å². The Bertz CT molecular complexity index is 1300. The summed E-state index contributed by atoms with van der Waals surface area (Å²) in [5.74, 6) is 0.121. The van der Waals surface area contributed by atoms with Crippen LogP contribution < -0.4 is 14.4 Å². The Morgan fingerprint density at radius 1 is 1.06 bits per heavy atom. The molecule has 0 aliphatic carbocycles. The zero-order chi connectivity index (χ0) is 25.6. The monoisotopic (exact) mass is 521 g/mol. The van der Waals surface area contributed by atoms with Gasteiger partial charge in [-0.3, -0.25) is 4.79 Å². The van der Waals surface area contributed by atoms with E-state index < -0.39 is 28.6 Å². The summed E-state index contributed by atoms with van der Waals surface area (Å²) in [6, 6.07) is 9.98. The minimum Gasteiger partial charge on any atom is -0.490 e. The quantitative estimate of drug-likeness (QED) is 0.581. The summed E-state index contributed by atoms with van der Waals surface area (Å²) in [6.07, 6.45) is -1.35. The number of alkyl halides is 2. The van der Waals surface area contributed by atoms with E-state index in [-0.39, 0.29) is 36.8 Å². The van der Waals surface area contributed by atoms with E-state index in [1.54, 1.807) is 18.2 Å². The Morgan fingerprint density at radius 3 is 2.36 bits per heavy atom. The van der Waals surface area contributed by atoms with Crippen LogP contribution in [0.15, 0.2) is 58.5 Å². The second-order valence-electron chi connectivity index (χ2n) is 8.92. The van der Waals surface area contributed by atoms with E-state index >= 15 is 0 Å². The lowest BCUT2D eigenvalue weighted by atomic mass is 10.1. The Hall–Kier alpha value is -3.22. The van der Waals surface area contributed by atoms with E-state index in [1.165, 1.54) is 33.5 Å². The summed E-state index contributed by atoms with van der Waals surface area (Å²) >= 11 is 0. The van der Waals surface area contributed by atoms with Crippen LogP contribution in [0.4, 0.5) is 14.5 Å². The number of rotatable bonds is 6. The minimum absolute atomic E-state index is 0.0324. The molecule has 3 aliphatic rings. The summed E-state index contributed by atoms with van der Waals surface area (Å²) in [5.41, 5.74) is 2.90. The highest BCUT2D eigenvalue weighted by atomic mass is 32.2. The average molecular weight is 522 g/mol. The molecule has 1 unspecified atom stereocenters. The SMILES string of the molecule is CN1CCOc2ccc(C(O)C(=O)N3CC4=C(C3)CN(S(=O)(=O)c3ccc(OC(F)F)cc3)C4)cc21. The molecular formula is C24H25F2N3O6S. The minimum atomic E-state index is -3.86. The lowest BCUT2D eigenvalue weighted by Gasteiger charge is -2.29. The predicted octanol–water partition coefficient (Wildman–Crippen LogP) is 1.99. The van der Waals surface area contributed by atoms with E-state index in [9.17, 15) is 27.1 Å². The Kier molecular flexibility index (Phi) is 6.35. The fraction of sp³-hybridized carbons (Fsp3) is 0.375. The molecule has 0 spiro atoms. The van der Waals surface area contributed by atoms with Gasteiger partial charge in [-0.2, -0.15) is 13.1 Å². The number of carbonyl (C=O) groups is 1. The van der Waals surface area contributed by atoms with E-state index in [4.69, 9.17) is 4.74 Å². The molecule has 0 saturated carbocycles. The van der Waals surface area contributed by atoms with Crippen molar-refractivity contribution >= 4 is 21.6 Å². The number of halogens is 2. The number of benzene rings is 2. The van der Waals surface area contributed by atoms with Crippen LogP contribution in [0.25, 0.3) is 0 Å². The first-order valence-electron chi connectivity index (χ1n) is 11.3. The number of likely N-dealkylation sites (N-methyl/N-ethyl adjacent to an activating group) is 1. The summed E-state index contributed by atoms with van der Waals surface area (Å²) in [7, 11) is -1.94. The van der Waals surface area contributed by atoms with Crippen molar-refractivity contribution in [2.24, 2.45) is 0 Å². The molecule has 0 radical (unpaired) electrons. The lowest BCUT2D eigenvalue weighted by Crippen LogP contribution is -2.38. The molecule has 2 aromatic rings. The molecule has 1 N–H and O–H groups in total. The molecule has 0 aromatic heterocycles. The highest BCUT2D eigenvalue weighted by molar-refractivity contribution is 7.89. The average Bonchev–Trinajstić information content (AvgIpc) is 3.43. The molecule has 0 saturated heterocycles. The van der Waals surface area contributed by atoms with Gasteiger partial charge in [0, 0.05) is 33.2 Å². The molecule has 192 valence electrons. The van der Waals surface area contributed by atoms with Crippen LogP contribution in [0.5, 0.6) is 11.5 Å². The van der Waals surface area contributed by atoms with Crippen molar-refractivity contribution < 1.29 is 36.6 Å². The predicted molar refractivity (Wildman–Crippen MR) is 126 cm³/mol. The molecule has 5 rings (SSSR count). The fourth-order valence-corrected chi connectivity index (χ4v) is 6.10. The topological polar surface area (TPSA) is 99.6 Å². The van der Waals surface area contributed by atoms with Crippen LogP contribution in [0.1, 0.15) is 11.7 Å². The molecule has 1 atom stereocenters. The van der Waals surface area contributed by atoms with Gasteiger partial charge in [-0.05, 0) is 53.1 Å². The number of fused-ring (bicyclic) bond motifs is 1. The third-order valence-corrected chi connectivity index (χ3v) is 8.43. The molecule has 12 heteroatoms. The van der Waals surface area contributed by atoms with Crippen LogP contribution in [-0.4, -0.2) is 81.6 Å². The van der Waals surface area contributed by atoms with Crippen molar-refractivity contribution in [1.82, 2.24) is 9.21 Å². The molecule has 9 nitrogen and oxygen atoms in total. The second kappa shape index (κ2) is 9.34. The third kappa shape index (κ3) is 4.51. The standard InChI is InChI=1S/C24H25F2N3O6S/c1-27-8-9-34-21-7-2-15(10-20(21)27)22(30)23(31)28-11-16-13-29(14-17(16)12-28)36(32,33)19-5-3-18(4-6-19)35-24(25)26/h2-7,10,22,24,30H,8-9,11-14H2,1H3. The number of hydrogen-bond acceptors (Lipinski definition) is 7. The van der Waals surface area contributed by atoms with Crippen molar-refractivity contribution in [2.75, 3.05) is 51.3 Å². The van der Waals surface area contributed by atoms with Crippen molar-refractivity contribution in [3.63, 3.8) is 0 Å². The van der Waals surface area contributed by atoms with Gasteiger partial charge in [-0.25, -0.2) is 8.42 Å². The Morgan fingerprint density at radius 2 is 1.72 bits per heavy atom. The molecule has 3 aliphatic heterocycles. The van der Waals surface area contributed by atoms with E-state index in [2.05, 4.69) is 4.74 Å². The number of amides is 1. The zero-order valence-electron chi connectivity index (χ0n) is 19.4. The van der Waals surface area contributed by atoms with Gasteiger partial charge in [-0.15, -0.1) is 0 Å². The molecule has 0 bridgehead atoms. The van der Waals surface area contributed by atoms with E-state index in [0.29, 0.717) is 24.5 Å². The van der Waals surface area contributed by atoms with Gasteiger partial charge in [-0.1, -0.05) is 6.07 Å². The number of carbonyl (C=O) groups excluding carboxylic acids is 1. The zero-order valence-corrected chi connectivity index (χ0v) is 20.2. The fourth-order valence-electron chi connectivity index (χ4n) is 4.67. The number of aliphatic hydroxyl groups is 1. The molecule has 0 fully saturated rings. The smallest absolute Gasteiger partial charge is 0.387 e.